The molecule has 23 heavy (non-hydrogen) atoms. The zero-order valence-electron chi connectivity index (χ0n) is 12.3. The van der Waals surface area contributed by atoms with Crippen LogP contribution < -0.4 is 5.63 Å². The number of rotatable bonds is 2. The van der Waals surface area contributed by atoms with Crippen molar-refractivity contribution >= 4 is 11.0 Å². The normalized spacial score (nSPS) is 10.8. The molecule has 3 nitrogen and oxygen atoms in total. The molecule has 0 aliphatic rings. The largest absolute Gasteiger partial charge is 0.423 e. The predicted molar refractivity (Wildman–Crippen MR) is 91.2 cm³/mol. The summed E-state index contributed by atoms with van der Waals surface area (Å²) in [6, 6.07) is 21.2. The minimum Gasteiger partial charge on any atom is -0.423 e. The Morgan fingerprint density at radius 1 is 0.739 bits per heavy atom. The van der Waals surface area contributed by atoms with Crippen LogP contribution in [0.1, 0.15) is 0 Å². The van der Waals surface area contributed by atoms with E-state index in [0.717, 1.165) is 27.6 Å². The summed E-state index contributed by atoms with van der Waals surface area (Å²) in [7, 11) is 0. The van der Waals surface area contributed by atoms with E-state index in [1.165, 1.54) is 0 Å². The van der Waals surface area contributed by atoms with E-state index < -0.39 is 0 Å². The van der Waals surface area contributed by atoms with Crippen molar-refractivity contribution in [3.05, 3.63) is 89.5 Å². The van der Waals surface area contributed by atoms with E-state index in [4.69, 9.17) is 4.42 Å². The first-order valence-corrected chi connectivity index (χ1v) is 7.35. The maximum absolute atomic E-state index is 11.9. The van der Waals surface area contributed by atoms with Crippen LogP contribution >= 0.6 is 0 Å². The Bertz CT molecular complexity index is 1020. The third kappa shape index (κ3) is 2.53. The minimum absolute atomic E-state index is 0.340. The van der Waals surface area contributed by atoms with Crippen LogP contribution in [0.15, 0.2) is 88.3 Å². The zero-order valence-corrected chi connectivity index (χ0v) is 12.3. The first-order valence-electron chi connectivity index (χ1n) is 7.35. The van der Waals surface area contributed by atoms with E-state index in [9.17, 15) is 4.79 Å². The molecule has 4 aromatic rings. The van der Waals surface area contributed by atoms with Gasteiger partial charge in [0.15, 0.2) is 0 Å². The van der Waals surface area contributed by atoms with Crippen molar-refractivity contribution in [2.24, 2.45) is 0 Å². The quantitative estimate of drug-likeness (QED) is 0.511. The summed E-state index contributed by atoms with van der Waals surface area (Å²) in [6.45, 7) is 0. The number of benzene rings is 2. The highest BCUT2D eigenvalue weighted by Gasteiger charge is 2.09. The van der Waals surface area contributed by atoms with E-state index in [1.807, 2.05) is 54.6 Å². The fourth-order valence-electron chi connectivity index (χ4n) is 2.74. The number of pyridine rings is 1. The van der Waals surface area contributed by atoms with Gasteiger partial charge < -0.3 is 4.42 Å². The van der Waals surface area contributed by atoms with Gasteiger partial charge in [-0.15, -0.1) is 0 Å². The van der Waals surface area contributed by atoms with Gasteiger partial charge in [0.2, 0.25) is 0 Å². The van der Waals surface area contributed by atoms with E-state index in [1.54, 1.807) is 18.5 Å². The van der Waals surface area contributed by atoms with E-state index in [0.29, 0.717) is 5.58 Å². The summed E-state index contributed by atoms with van der Waals surface area (Å²) in [5.74, 6) is 0. The molecule has 110 valence electrons. The van der Waals surface area contributed by atoms with Gasteiger partial charge in [-0.1, -0.05) is 36.4 Å². The first kappa shape index (κ1) is 13.5. The maximum Gasteiger partial charge on any atom is 0.336 e. The molecule has 0 aliphatic heterocycles. The zero-order chi connectivity index (χ0) is 15.6. The van der Waals surface area contributed by atoms with Crippen molar-refractivity contribution in [3.63, 3.8) is 0 Å². The smallest absolute Gasteiger partial charge is 0.336 e. The molecular formula is C20H13NO2. The highest BCUT2D eigenvalue weighted by atomic mass is 16.4. The molecule has 0 saturated carbocycles. The van der Waals surface area contributed by atoms with Crippen molar-refractivity contribution in [1.29, 1.82) is 0 Å². The van der Waals surface area contributed by atoms with Gasteiger partial charge in [0.05, 0.1) is 0 Å². The topological polar surface area (TPSA) is 43.1 Å². The Labute approximate surface area is 132 Å². The minimum atomic E-state index is -0.340. The molecule has 0 saturated heterocycles. The number of aromatic nitrogens is 1. The van der Waals surface area contributed by atoms with Gasteiger partial charge >= 0.3 is 5.63 Å². The molecule has 2 aromatic heterocycles. The summed E-state index contributed by atoms with van der Waals surface area (Å²) in [4.78, 5) is 15.9. The van der Waals surface area contributed by atoms with E-state index in [2.05, 4.69) is 11.1 Å². The van der Waals surface area contributed by atoms with Crippen molar-refractivity contribution in [1.82, 2.24) is 4.98 Å². The van der Waals surface area contributed by atoms with Gasteiger partial charge in [-0.05, 0) is 46.5 Å². The molecule has 4 rings (SSSR count). The Kier molecular flexibility index (Phi) is 3.24. The monoisotopic (exact) mass is 299 g/mol. The van der Waals surface area contributed by atoms with Crippen LogP contribution in [0.4, 0.5) is 0 Å². The van der Waals surface area contributed by atoms with Crippen LogP contribution in [0, 0.1) is 0 Å². The van der Waals surface area contributed by atoms with Gasteiger partial charge in [-0.3, -0.25) is 4.98 Å². The van der Waals surface area contributed by atoms with Crippen molar-refractivity contribution in [3.8, 4) is 22.3 Å². The molecule has 0 amide bonds. The molecule has 0 atom stereocenters. The SMILES string of the molecule is O=c1cc(-c2ccccc2)c2cc(-c3ccncc3)ccc2o1. The molecular weight excluding hydrogens is 286 g/mol. The Morgan fingerprint density at radius 2 is 1.52 bits per heavy atom. The van der Waals surface area contributed by atoms with Crippen LogP contribution in [0.3, 0.4) is 0 Å². The lowest BCUT2D eigenvalue weighted by atomic mass is 9.98. The Hall–Kier alpha value is -3.20. The average Bonchev–Trinajstić information content (AvgIpc) is 2.62. The second kappa shape index (κ2) is 5.54. The molecule has 3 heteroatoms. The van der Waals surface area contributed by atoms with E-state index in [-0.39, 0.29) is 5.63 Å². The van der Waals surface area contributed by atoms with Gasteiger partial charge in [-0.25, -0.2) is 4.79 Å². The molecule has 0 unspecified atom stereocenters. The van der Waals surface area contributed by atoms with Crippen LogP contribution in [0.5, 0.6) is 0 Å². The third-order valence-corrected chi connectivity index (χ3v) is 3.84. The molecule has 0 spiro atoms. The van der Waals surface area contributed by atoms with Crippen LogP contribution in [-0.4, -0.2) is 4.98 Å². The standard InChI is InChI=1S/C20H13NO2/c22-20-13-17(15-4-2-1-3-5-15)18-12-16(6-7-19(18)23-20)14-8-10-21-11-9-14/h1-13H. The Balaban J connectivity index is 2.00. The number of fused-ring (bicyclic) bond motifs is 1. The van der Waals surface area contributed by atoms with Crippen LogP contribution in [0.2, 0.25) is 0 Å². The lowest BCUT2D eigenvalue weighted by Gasteiger charge is -2.08. The lowest BCUT2D eigenvalue weighted by Crippen LogP contribution is -1.98. The highest BCUT2D eigenvalue weighted by Crippen LogP contribution is 2.30. The lowest BCUT2D eigenvalue weighted by molar-refractivity contribution is 0.561. The fourth-order valence-corrected chi connectivity index (χ4v) is 2.74. The molecule has 0 radical (unpaired) electrons. The summed E-state index contributed by atoms with van der Waals surface area (Å²) in [5.41, 5.74) is 4.27. The number of nitrogens with zero attached hydrogens (tertiary/aromatic N) is 1. The molecule has 0 fully saturated rings. The number of hydrogen-bond donors (Lipinski definition) is 0. The summed E-state index contributed by atoms with van der Waals surface area (Å²) < 4.78 is 5.35. The molecule has 0 bridgehead atoms. The molecule has 0 aliphatic carbocycles. The molecule has 2 aromatic carbocycles. The first-order chi connectivity index (χ1) is 11.3. The Morgan fingerprint density at radius 3 is 2.30 bits per heavy atom. The molecule has 0 N–H and O–H groups in total. The van der Waals surface area contributed by atoms with Crippen LogP contribution in [-0.2, 0) is 0 Å². The van der Waals surface area contributed by atoms with Crippen molar-refractivity contribution in [2.75, 3.05) is 0 Å². The van der Waals surface area contributed by atoms with Crippen molar-refractivity contribution < 1.29 is 4.42 Å². The number of hydrogen-bond acceptors (Lipinski definition) is 3. The maximum atomic E-state index is 11.9. The highest BCUT2D eigenvalue weighted by molar-refractivity contribution is 5.95. The van der Waals surface area contributed by atoms with Crippen molar-refractivity contribution in [2.45, 2.75) is 0 Å². The summed E-state index contributed by atoms with van der Waals surface area (Å²) in [6.07, 6.45) is 3.53. The molecule has 2 heterocycles. The second-order valence-electron chi connectivity index (χ2n) is 5.29. The van der Waals surface area contributed by atoms with Gasteiger partial charge in [-0.2, -0.15) is 0 Å². The van der Waals surface area contributed by atoms with Crippen LogP contribution in [0.25, 0.3) is 33.2 Å². The van der Waals surface area contributed by atoms with Gasteiger partial charge in [0.25, 0.3) is 0 Å². The fraction of sp³-hybridized carbons (Fsp3) is 0. The third-order valence-electron chi connectivity index (χ3n) is 3.84. The summed E-state index contributed by atoms with van der Waals surface area (Å²) >= 11 is 0. The average molecular weight is 299 g/mol. The predicted octanol–water partition coefficient (Wildman–Crippen LogP) is 4.52. The van der Waals surface area contributed by atoms with Gasteiger partial charge in [0, 0.05) is 23.8 Å². The second-order valence-corrected chi connectivity index (χ2v) is 5.29. The van der Waals surface area contributed by atoms with E-state index >= 15 is 0 Å². The summed E-state index contributed by atoms with van der Waals surface area (Å²) in [5, 5.41) is 0.921. The van der Waals surface area contributed by atoms with Gasteiger partial charge in [0.1, 0.15) is 5.58 Å².